The molecule has 0 radical (unpaired) electrons. The van der Waals surface area contributed by atoms with Crippen LogP contribution >= 0.6 is 0 Å². The third-order valence-corrected chi connectivity index (χ3v) is 3.63. The van der Waals surface area contributed by atoms with Gasteiger partial charge in [0.2, 0.25) is 0 Å². The lowest BCUT2D eigenvalue weighted by Crippen LogP contribution is -2.22. The standard InChI is InChI=1S/C18H23FN2/c1-13(2)20-12-15-5-8-18(11-14(15)3)21(4)17-9-6-16(19)7-10-17/h5-11,13,20H,12H2,1-4H3. The molecule has 0 aliphatic heterocycles. The highest BCUT2D eigenvalue weighted by Crippen LogP contribution is 2.25. The van der Waals surface area contributed by atoms with E-state index >= 15 is 0 Å². The number of nitrogens with zero attached hydrogens (tertiary/aromatic N) is 1. The van der Waals surface area contributed by atoms with Crippen LogP contribution in [0.5, 0.6) is 0 Å². The zero-order valence-electron chi connectivity index (χ0n) is 13.2. The Morgan fingerprint density at radius 2 is 1.67 bits per heavy atom. The van der Waals surface area contributed by atoms with E-state index in [0.717, 1.165) is 17.9 Å². The third-order valence-electron chi connectivity index (χ3n) is 3.63. The van der Waals surface area contributed by atoms with E-state index in [0.29, 0.717) is 6.04 Å². The van der Waals surface area contributed by atoms with Gasteiger partial charge in [0.25, 0.3) is 0 Å². The zero-order valence-corrected chi connectivity index (χ0v) is 13.2. The van der Waals surface area contributed by atoms with E-state index in [1.165, 1.54) is 23.3 Å². The lowest BCUT2D eigenvalue weighted by molar-refractivity contribution is 0.587. The summed E-state index contributed by atoms with van der Waals surface area (Å²) in [5.41, 5.74) is 4.64. The predicted molar refractivity (Wildman–Crippen MR) is 87.6 cm³/mol. The van der Waals surface area contributed by atoms with Crippen molar-refractivity contribution in [3.05, 3.63) is 59.4 Å². The maximum absolute atomic E-state index is 13.0. The second-order valence-corrected chi connectivity index (χ2v) is 5.68. The molecule has 0 unspecified atom stereocenters. The van der Waals surface area contributed by atoms with Crippen LogP contribution in [0.2, 0.25) is 0 Å². The summed E-state index contributed by atoms with van der Waals surface area (Å²) in [6.45, 7) is 7.29. The van der Waals surface area contributed by atoms with Gasteiger partial charge in [-0.15, -0.1) is 0 Å². The van der Waals surface area contributed by atoms with E-state index in [-0.39, 0.29) is 5.82 Å². The topological polar surface area (TPSA) is 15.3 Å². The van der Waals surface area contributed by atoms with E-state index in [9.17, 15) is 4.39 Å². The molecule has 0 atom stereocenters. The fraction of sp³-hybridized carbons (Fsp3) is 0.333. The van der Waals surface area contributed by atoms with Gasteiger partial charge in [0, 0.05) is 31.0 Å². The van der Waals surface area contributed by atoms with E-state index in [2.05, 4.69) is 49.2 Å². The second kappa shape index (κ2) is 6.72. The van der Waals surface area contributed by atoms with Crippen molar-refractivity contribution in [3.8, 4) is 0 Å². The summed E-state index contributed by atoms with van der Waals surface area (Å²) in [6, 6.07) is 13.5. The molecule has 0 fully saturated rings. The van der Waals surface area contributed by atoms with Gasteiger partial charge in [0.15, 0.2) is 0 Å². The Bertz CT molecular complexity index is 591. The van der Waals surface area contributed by atoms with Crippen LogP contribution in [0.15, 0.2) is 42.5 Å². The van der Waals surface area contributed by atoms with Crippen LogP contribution < -0.4 is 10.2 Å². The normalized spacial score (nSPS) is 11.0. The molecule has 0 aliphatic carbocycles. The van der Waals surface area contributed by atoms with Crippen molar-refractivity contribution in [2.24, 2.45) is 0 Å². The summed E-state index contributed by atoms with van der Waals surface area (Å²) < 4.78 is 13.0. The third kappa shape index (κ3) is 4.05. The lowest BCUT2D eigenvalue weighted by atomic mass is 10.1. The minimum atomic E-state index is -0.210. The minimum Gasteiger partial charge on any atom is -0.345 e. The Hall–Kier alpha value is -1.87. The second-order valence-electron chi connectivity index (χ2n) is 5.68. The summed E-state index contributed by atoms with van der Waals surface area (Å²) in [4.78, 5) is 2.06. The average molecular weight is 286 g/mol. The van der Waals surface area contributed by atoms with Gasteiger partial charge < -0.3 is 10.2 Å². The van der Waals surface area contributed by atoms with Crippen LogP contribution in [-0.2, 0) is 6.54 Å². The molecule has 0 aromatic heterocycles. The highest BCUT2D eigenvalue weighted by Gasteiger charge is 2.07. The number of hydrogen-bond donors (Lipinski definition) is 1. The minimum absolute atomic E-state index is 0.210. The van der Waals surface area contributed by atoms with Gasteiger partial charge in [-0.25, -0.2) is 4.39 Å². The van der Waals surface area contributed by atoms with Gasteiger partial charge in [-0.2, -0.15) is 0 Å². The largest absolute Gasteiger partial charge is 0.345 e. The first-order valence-corrected chi connectivity index (χ1v) is 7.29. The molecule has 2 nitrogen and oxygen atoms in total. The van der Waals surface area contributed by atoms with Crippen molar-refractivity contribution >= 4 is 11.4 Å². The quantitative estimate of drug-likeness (QED) is 0.876. The molecular weight excluding hydrogens is 263 g/mol. The maximum Gasteiger partial charge on any atom is 0.123 e. The molecule has 21 heavy (non-hydrogen) atoms. The molecule has 2 aromatic carbocycles. The molecule has 0 heterocycles. The number of aryl methyl sites for hydroxylation is 1. The van der Waals surface area contributed by atoms with Crippen LogP contribution in [0.3, 0.4) is 0 Å². The first-order valence-electron chi connectivity index (χ1n) is 7.29. The molecule has 1 N–H and O–H groups in total. The number of hydrogen-bond acceptors (Lipinski definition) is 2. The van der Waals surface area contributed by atoms with Crippen LogP contribution in [0.1, 0.15) is 25.0 Å². The molecule has 0 saturated carbocycles. The summed E-state index contributed by atoms with van der Waals surface area (Å²) in [6.07, 6.45) is 0. The molecule has 0 saturated heterocycles. The van der Waals surface area contributed by atoms with Crippen molar-refractivity contribution in [1.29, 1.82) is 0 Å². The van der Waals surface area contributed by atoms with Gasteiger partial charge in [-0.05, 0) is 54.4 Å². The van der Waals surface area contributed by atoms with Crippen LogP contribution in [0, 0.1) is 12.7 Å². The first-order chi connectivity index (χ1) is 9.97. The molecule has 0 bridgehead atoms. The van der Waals surface area contributed by atoms with Crippen LogP contribution in [-0.4, -0.2) is 13.1 Å². The monoisotopic (exact) mass is 286 g/mol. The molecule has 0 spiro atoms. The summed E-state index contributed by atoms with van der Waals surface area (Å²) in [5.74, 6) is -0.210. The van der Waals surface area contributed by atoms with Gasteiger partial charge in [0.05, 0.1) is 0 Å². The maximum atomic E-state index is 13.0. The van der Waals surface area contributed by atoms with Crippen molar-refractivity contribution in [3.63, 3.8) is 0 Å². The number of halogens is 1. The SMILES string of the molecule is Cc1cc(N(C)c2ccc(F)cc2)ccc1CNC(C)C. The Morgan fingerprint density at radius 3 is 2.24 bits per heavy atom. The molecule has 3 heteroatoms. The first kappa shape index (κ1) is 15.5. The predicted octanol–water partition coefficient (Wildman–Crippen LogP) is 4.40. The Morgan fingerprint density at radius 1 is 1.05 bits per heavy atom. The molecule has 0 amide bonds. The summed E-state index contributed by atoms with van der Waals surface area (Å²) >= 11 is 0. The van der Waals surface area contributed by atoms with Crippen molar-refractivity contribution < 1.29 is 4.39 Å². The Labute approximate surface area is 126 Å². The van der Waals surface area contributed by atoms with Gasteiger partial charge in [0.1, 0.15) is 5.82 Å². The smallest absolute Gasteiger partial charge is 0.123 e. The van der Waals surface area contributed by atoms with Gasteiger partial charge in [-0.1, -0.05) is 19.9 Å². The molecule has 2 aromatic rings. The van der Waals surface area contributed by atoms with E-state index in [1.54, 1.807) is 12.1 Å². The van der Waals surface area contributed by atoms with Crippen molar-refractivity contribution in [1.82, 2.24) is 5.32 Å². The zero-order chi connectivity index (χ0) is 15.4. The average Bonchev–Trinajstić information content (AvgIpc) is 2.46. The van der Waals surface area contributed by atoms with Gasteiger partial charge in [-0.3, -0.25) is 0 Å². The number of anilines is 2. The fourth-order valence-corrected chi connectivity index (χ4v) is 2.21. The molecule has 2 rings (SSSR count). The highest BCUT2D eigenvalue weighted by molar-refractivity contribution is 5.63. The Balaban J connectivity index is 2.17. The van der Waals surface area contributed by atoms with Crippen molar-refractivity contribution in [2.75, 3.05) is 11.9 Å². The summed E-state index contributed by atoms with van der Waals surface area (Å²) in [7, 11) is 1.99. The fourth-order valence-electron chi connectivity index (χ4n) is 2.21. The van der Waals surface area contributed by atoms with E-state index in [1.807, 2.05) is 7.05 Å². The number of nitrogens with one attached hydrogen (secondary N) is 1. The van der Waals surface area contributed by atoms with E-state index < -0.39 is 0 Å². The Kier molecular flexibility index (Phi) is 4.97. The van der Waals surface area contributed by atoms with E-state index in [4.69, 9.17) is 0 Å². The van der Waals surface area contributed by atoms with Gasteiger partial charge >= 0.3 is 0 Å². The van der Waals surface area contributed by atoms with Crippen molar-refractivity contribution in [2.45, 2.75) is 33.4 Å². The van der Waals surface area contributed by atoms with Crippen LogP contribution in [0.25, 0.3) is 0 Å². The highest BCUT2D eigenvalue weighted by atomic mass is 19.1. The molecule has 0 aliphatic rings. The molecular formula is C18H23FN2. The number of rotatable bonds is 5. The van der Waals surface area contributed by atoms with Crippen LogP contribution in [0.4, 0.5) is 15.8 Å². The lowest BCUT2D eigenvalue weighted by Gasteiger charge is -2.21. The molecule has 112 valence electrons. The summed E-state index contributed by atoms with van der Waals surface area (Å²) in [5, 5.41) is 3.43. The number of benzene rings is 2.